The van der Waals surface area contributed by atoms with Gasteiger partial charge in [-0.05, 0) is 115 Å². The molecule has 1 fully saturated rings. The number of imide groups is 2. The van der Waals surface area contributed by atoms with E-state index in [-0.39, 0.29) is 18.1 Å². The van der Waals surface area contributed by atoms with Gasteiger partial charge in [0.05, 0.1) is 16.4 Å². The maximum absolute atomic E-state index is 13.3. The van der Waals surface area contributed by atoms with Gasteiger partial charge >= 0.3 is 6.03 Å². The number of methoxy groups -OCH3 is 1. The third-order valence-electron chi connectivity index (χ3n) is 6.43. The minimum Gasteiger partial charge on any atom is -0.493 e. The van der Waals surface area contributed by atoms with Gasteiger partial charge in [-0.2, -0.15) is 0 Å². The Labute approximate surface area is 245 Å². The number of carbonyl (C=O) groups excluding carboxylic acids is 4. The normalized spacial score (nSPS) is 14.3. The molecule has 0 saturated carbocycles. The number of ether oxygens (including phenoxy) is 2. The van der Waals surface area contributed by atoms with Crippen LogP contribution < -0.4 is 25.0 Å². The van der Waals surface area contributed by atoms with Crippen molar-refractivity contribution < 1.29 is 28.7 Å². The lowest BCUT2D eigenvalue weighted by Crippen LogP contribution is -2.54. The van der Waals surface area contributed by atoms with Crippen molar-refractivity contribution in [3.05, 3.63) is 85.5 Å². The first-order valence-corrected chi connectivity index (χ1v) is 13.4. The molecule has 1 aliphatic rings. The Balaban J connectivity index is 1.57. The van der Waals surface area contributed by atoms with Gasteiger partial charge in [0.2, 0.25) is 0 Å². The fraction of sp³-hybridized carbons (Fsp3) is 0.200. The zero-order chi connectivity index (χ0) is 29.1. The molecule has 0 atom stereocenters. The highest BCUT2D eigenvalue weighted by Crippen LogP contribution is 2.35. The van der Waals surface area contributed by atoms with E-state index in [4.69, 9.17) is 9.47 Å². The summed E-state index contributed by atoms with van der Waals surface area (Å²) in [7, 11) is 1.45. The lowest BCUT2D eigenvalue weighted by atomic mass is 10.0. The molecule has 0 aromatic heterocycles. The van der Waals surface area contributed by atoms with Crippen LogP contribution in [0.4, 0.5) is 16.2 Å². The monoisotopic (exact) mass is 653 g/mol. The Morgan fingerprint density at radius 2 is 1.70 bits per heavy atom. The van der Waals surface area contributed by atoms with E-state index in [1.807, 2.05) is 68.5 Å². The summed E-state index contributed by atoms with van der Waals surface area (Å²) in [5.74, 6) is -1.22. The van der Waals surface area contributed by atoms with Crippen molar-refractivity contribution >= 4 is 63.8 Å². The Hall–Kier alpha value is -4.19. The predicted octanol–water partition coefficient (Wildman–Crippen LogP) is 5.22. The van der Waals surface area contributed by atoms with E-state index in [1.54, 1.807) is 30.3 Å². The van der Waals surface area contributed by atoms with Crippen molar-refractivity contribution in [1.29, 1.82) is 0 Å². The van der Waals surface area contributed by atoms with Crippen molar-refractivity contribution in [1.82, 2.24) is 5.32 Å². The number of anilines is 2. The van der Waals surface area contributed by atoms with Gasteiger partial charge in [-0.25, -0.2) is 9.69 Å². The molecule has 1 saturated heterocycles. The molecule has 10 heteroatoms. The fourth-order valence-electron chi connectivity index (χ4n) is 4.08. The molecule has 40 heavy (non-hydrogen) atoms. The molecule has 0 unspecified atom stereocenters. The molecule has 2 N–H and O–H groups in total. The van der Waals surface area contributed by atoms with E-state index in [0.717, 1.165) is 27.2 Å². The van der Waals surface area contributed by atoms with Crippen molar-refractivity contribution in [2.24, 2.45) is 0 Å². The fourth-order valence-corrected chi connectivity index (χ4v) is 4.86. The van der Waals surface area contributed by atoms with Crippen molar-refractivity contribution in [3.63, 3.8) is 0 Å². The highest BCUT2D eigenvalue weighted by Gasteiger charge is 2.37. The Kier molecular flexibility index (Phi) is 8.58. The standard InChI is InChI=1S/C30H28IN3O6/c1-16-6-7-18(3)24(10-16)32-26(35)15-40-27-23(31)13-20(14-25(27)39-5)12-22-28(36)33-30(38)34(29(22)37)21-9-8-17(2)19(4)11-21/h6-14H,15H2,1-5H3,(H,32,35)(H,33,36,38)/b22-12-. The highest BCUT2D eigenvalue weighted by molar-refractivity contribution is 14.1. The summed E-state index contributed by atoms with van der Waals surface area (Å²) in [6.45, 7) is 7.39. The molecule has 0 bridgehead atoms. The topological polar surface area (TPSA) is 114 Å². The van der Waals surface area contributed by atoms with Crippen LogP contribution in [-0.2, 0) is 14.4 Å². The SMILES string of the molecule is COc1cc(/C=C2/C(=O)NC(=O)N(c3ccc(C)c(C)c3)C2=O)cc(I)c1OCC(=O)Nc1cc(C)ccc1C. The van der Waals surface area contributed by atoms with Crippen LogP contribution in [0.5, 0.6) is 11.5 Å². The number of nitrogens with one attached hydrogen (secondary N) is 2. The van der Waals surface area contributed by atoms with E-state index in [1.165, 1.54) is 13.2 Å². The second kappa shape index (κ2) is 11.9. The molecule has 0 radical (unpaired) electrons. The number of urea groups is 1. The molecule has 5 amide bonds. The third kappa shape index (κ3) is 6.17. The number of benzene rings is 3. The summed E-state index contributed by atoms with van der Waals surface area (Å²) >= 11 is 2.03. The van der Waals surface area contributed by atoms with Crippen LogP contribution in [0, 0.1) is 31.3 Å². The van der Waals surface area contributed by atoms with E-state index in [2.05, 4.69) is 10.6 Å². The number of amides is 5. The van der Waals surface area contributed by atoms with E-state index < -0.39 is 17.8 Å². The molecule has 1 heterocycles. The molecular formula is C30H28IN3O6. The van der Waals surface area contributed by atoms with Gasteiger partial charge in [0.15, 0.2) is 18.1 Å². The van der Waals surface area contributed by atoms with E-state index >= 15 is 0 Å². The quantitative estimate of drug-likeness (QED) is 0.206. The second-order valence-electron chi connectivity index (χ2n) is 9.42. The zero-order valence-electron chi connectivity index (χ0n) is 22.7. The van der Waals surface area contributed by atoms with Crippen LogP contribution >= 0.6 is 22.6 Å². The van der Waals surface area contributed by atoms with Crippen LogP contribution in [0.1, 0.15) is 27.8 Å². The molecule has 3 aromatic carbocycles. The van der Waals surface area contributed by atoms with Crippen LogP contribution in [0.3, 0.4) is 0 Å². The van der Waals surface area contributed by atoms with Crippen LogP contribution in [-0.4, -0.2) is 37.5 Å². The Morgan fingerprint density at radius 3 is 2.40 bits per heavy atom. The number of nitrogens with zero attached hydrogens (tertiary/aromatic N) is 1. The molecule has 0 aliphatic carbocycles. The number of barbiturate groups is 1. The molecule has 1 aliphatic heterocycles. The van der Waals surface area contributed by atoms with Gasteiger partial charge in [0, 0.05) is 5.69 Å². The van der Waals surface area contributed by atoms with Crippen LogP contribution in [0.15, 0.2) is 54.1 Å². The maximum atomic E-state index is 13.3. The first kappa shape index (κ1) is 28.8. The minimum absolute atomic E-state index is 0.211. The summed E-state index contributed by atoms with van der Waals surface area (Å²) in [4.78, 5) is 52.0. The molecule has 3 aromatic rings. The maximum Gasteiger partial charge on any atom is 0.335 e. The average molecular weight is 653 g/mol. The van der Waals surface area contributed by atoms with E-state index in [0.29, 0.717) is 32.0 Å². The number of hydrogen-bond donors (Lipinski definition) is 2. The van der Waals surface area contributed by atoms with Gasteiger partial charge in [-0.15, -0.1) is 0 Å². The van der Waals surface area contributed by atoms with Gasteiger partial charge < -0.3 is 14.8 Å². The summed E-state index contributed by atoms with van der Waals surface area (Å²) in [6, 6.07) is 13.4. The summed E-state index contributed by atoms with van der Waals surface area (Å²) in [5.41, 5.74) is 5.20. The number of aryl methyl sites for hydroxylation is 4. The van der Waals surface area contributed by atoms with Gasteiger partial charge in [-0.3, -0.25) is 19.7 Å². The molecule has 0 spiro atoms. The number of hydrogen-bond acceptors (Lipinski definition) is 6. The Morgan fingerprint density at radius 1 is 0.975 bits per heavy atom. The van der Waals surface area contributed by atoms with Crippen molar-refractivity contribution in [2.45, 2.75) is 27.7 Å². The first-order valence-electron chi connectivity index (χ1n) is 12.3. The second-order valence-corrected chi connectivity index (χ2v) is 10.6. The van der Waals surface area contributed by atoms with Crippen LogP contribution in [0.2, 0.25) is 0 Å². The first-order chi connectivity index (χ1) is 19.0. The average Bonchev–Trinajstić information content (AvgIpc) is 2.89. The summed E-state index contributed by atoms with van der Waals surface area (Å²) in [6.07, 6.45) is 1.39. The van der Waals surface area contributed by atoms with E-state index in [9.17, 15) is 19.2 Å². The largest absolute Gasteiger partial charge is 0.493 e. The molecule has 9 nitrogen and oxygen atoms in total. The zero-order valence-corrected chi connectivity index (χ0v) is 24.8. The number of carbonyl (C=O) groups is 4. The smallest absolute Gasteiger partial charge is 0.335 e. The van der Waals surface area contributed by atoms with Gasteiger partial charge in [0.25, 0.3) is 17.7 Å². The van der Waals surface area contributed by atoms with Crippen molar-refractivity contribution in [3.8, 4) is 11.5 Å². The predicted molar refractivity (Wildman–Crippen MR) is 161 cm³/mol. The third-order valence-corrected chi connectivity index (χ3v) is 7.23. The molecule has 206 valence electrons. The van der Waals surface area contributed by atoms with Crippen LogP contribution in [0.25, 0.3) is 6.08 Å². The summed E-state index contributed by atoms with van der Waals surface area (Å²) < 4.78 is 11.9. The van der Waals surface area contributed by atoms with Crippen molar-refractivity contribution in [2.75, 3.05) is 23.9 Å². The highest BCUT2D eigenvalue weighted by atomic mass is 127. The van der Waals surface area contributed by atoms with Gasteiger partial charge in [-0.1, -0.05) is 18.2 Å². The molecule has 4 rings (SSSR count). The lowest BCUT2D eigenvalue weighted by Gasteiger charge is -2.27. The molecular weight excluding hydrogens is 625 g/mol. The number of halogens is 1. The minimum atomic E-state index is -0.814. The number of rotatable bonds is 7. The van der Waals surface area contributed by atoms with Gasteiger partial charge in [0.1, 0.15) is 5.57 Å². The Bertz CT molecular complexity index is 1580. The summed E-state index contributed by atoms with van der Waals surface area (Å²) in [5, 5.41) is 5.08. The lowest BCUT2D eigenvalue weighted by molar-refractivity contribution is -0.122.